The average Bonchev–Trinajstić information content (AvgIpc) is 2.94. The van der Waals surface area contributed by atoms with E-state index in [4.69, 9.17) is 5.73 Å². The van der Waals surface area contributed by atoms with Crippen molar-refractivity contribution in [2.45, 2.75) is 44.4 Å². The second kappa shape index (κ2) is 5.28. The van der Waals surface area contributed by atoms with Crippen LogP contribution >= 0.6 is 11.5 Å². The molecule has 0 radical (unpaired) electrons. The molecule has 0 aromatic carbocycles. The van der Waals surface area contributed by atoms with Gasteiger partial charge >= 0.3 is 0 Å². The molecule has 1 fully saturated rings. The first-order chi connectivity index (χ1) is 8.88. The number of sulfone groups is 1. The molecule has 7 heteroatoms. The van der Waals surface area contributed by atoms with Crippen molar-refractivity contribution in [3.63, 3.8) is 0 Å². The number of anilines is 2. The average molecular weight is 303 g/mol. The van der Waals surface area contributed by atoms with E-state index in [9.17, 15) is 8.42 Å². The Balaban J connectivity index is 2.18. The van der Waals surface area contributed by atoms with E-state index in [1.54, 1.807) is 6.92 Å². The van der Waals surface area contributed by atoms with Gasteiger partial charge in [-0.25, -0.2) is 8.42 Å². The SMILES string of the molecule is CCS(=O)(=O)c1c(N)nsc1NCC1(C)CCCC1. The van der Waals surface area contributed by atoms with Crippen molar-refractivity contribution in [3.05, 3.63) is 0 Å². The summed E-state index contributed by atoms with van der Waals surface area (Å²) in [4.78, 5) is 0.182. The standard InChI is InChI=1S/C12H21N3O2S2/c1-3-19(16,17)9-10(13)15-18-11(9)14-8-12(2)6-4-5-7-12/h14H,3-8H2,1-2H3,(H2,13,15). The minimum Gasteiger partial charge on any atom is -0.382 e. The molecule has 19 heavy (non-hydrogen) atoms. The number of nitrogens with one attached hydrogen (secondary N) is 1. The highest BCUT2D eigenvalue weighted by Crippen LogP contribution is 2.39. The fourth-order valence-corrected chi connectivity index (χ4v) is 4.71. The number of nitrogens with zero attached hydrogens (tertiary/aromatic N) is 1. The summed E-state index contributed by atoms with van der Waals surface area (Å²) in [7, 11) is -3.32. The third-order valence-corrected chi connectivity index (χ3v) is 6.60. The van der Waals surface area contributed by atoms with E-state index in [1.807, 2.05) is 0 Å². The Kier molecular flexibility index (Phi) is 4.06. The summed E-state index contributed by atoms with van der Waals surface area (Å²) in [6.45, 7) is 4.64. The number of hydrogen-bond donors (Lipinski definition) is 2. The van der Waals surface area contributed by atoms with Crippen molar-refractivity contribution in [1.82, 2.24) is 4.37 Å². The van der Waals surface area contributed by atoms with E-state index >= 15 is 0 Å². The molecule has 0 atom stereocenters. The summed E-state index contributed by atoms with van der Waals surface area (Å²) in [5.41, 5.74) is 5.96. The molecule has 5 nitrogen and oxygen atoms in total. The van der Waals surface area contributed by atoms with Crippen LogP contribution in [0.5, 0.6) is 0 Å². The number of nitrogen functional groups attached to an aromatic ring is 1. The molecule has 108 valence electrons. The third kappa shape index (κ3) is 3.02. The Morgan fingerprint density at radius 1 is 1.42 bits per heavy atom. The Hall–Kier alpha value is -0.820. The van der Waals surface area contributed by atoms with Gasteiger partial charge in [0.25, 0.3) is 0 Å². The van der Waals surface area contributed by atoms with Crippen LogP contribution in [0.3, 0.4) is 0 Å². The zero-order valence-electron chi connectivity index (χ0n) is 11.4. The monoisotopic (exact) mass is 303 g/mol. The first kappa shape index (κ1) is 14.6. The van der Waals surface area contributed by atoms with Crippen LogP contribution in [0.4, 0.5) is 10.8 Å². The van der Waals surface area contributed by atoms with Gasteiger partial charge in [-0.1, -0.05) is 26.7 Å². The van der Waals surface area contributed by atoms with Crippen LogP contribution in [-0.2, 0) is 9.84 Å². The predicted molar refractivity (Wildman–Crippen MR) is 79.3 cm³/mol. The largest absolute Gasteiger partial charge is 0.382 e. The molecule has 1 aliphatic rings. The predicted octanol–water partition coefficient (Wildman–Crippen LogP) is 2.51. The summed E-state index contributed by atoms with van der Waals surface area (Å²) >= 11 is 1.14. The third-order valence-electron chi connectivity index (χ3n) is 3.85. The molecular formula is C12H21N3O2S2. The highest BCUT2D eigenvalue weighted by atomic mass is 32.2. The first-order valence-electron chi connectivity index (χ1n) is 6.60. The molecule has 0 bridgehead atoms. The van der Waals surface area contributed by atoms with Crippen molar-refractivity contribution in [2.24, 2.45) is 5.41 Å². The minimum absolute atomic E-state index is 0.0432. The lowest BCUT2D eigenvalue weighted by molar-refractivity contribution is 0.362. The van der Waals surface area contributed by atoms with Crippen LogP contribution < -0.4 is 11.1 Å². The van der Waals surface area contributed by atoms with E-state index in [0.29, 0.717) is 5.00 Å². The molecule has 1 heterocycles. The van der Waals surface area contributed by atoms with Gasteiger partial charge in [0.15, 0.2) is 15.7 Å². The molecular weight excluding hydrogens is 282 g/mol. The van der Waals surface area contributed by atoms with Crippen molar-refractivity contribution >= 4 is 32.2 Å². The van der Waals surface area contributed by atoms with Gasteiger partial charge in [-0.15, -0.1) is 0 Å². The Labute approximate surface area is 118 Å². The summed E-state index contributed by atoms with van der Waals surface area (Å²) in [6.07, 6.45) is 4.88. The Morgan fingerprint density at radius 3 is 2.63 bits per heavy atom. The van der Waals surface area contributed by atoms with Gasteiger partial charge in [-0.2, -0.15) is 4.37 Å². The number of rotatable bonds is 5. The number of nitrogens with two attached hydrogens (primary N) is 1. The maximum atomic E-state index is 12.0. The molecule has 0 saturated heterocycles. The normalized spacial score (nSPS) is 18.6. The van der Waals surface area contributed by atoms with Gasteiger partial charge in [0.05, 0.1) is 5.75 Å². The lowest BCUT2D eigenvalue weighted by atomic mass is 9.89. The molecule has 2 rings (SSSR count). The highest BCUT2D eigenvalue weighted by Gasteiger charge is 2.30. The quantitative estimate of drug-likeness (QED) is 0.873. The van der Waals surface area contributed by atoms with Crippen LogP contribution in [-0.4, -0.2) is 25.1 Å². The van der Waals surface area contributed by atoms with Gasteiger partial charge in [-0.3, -0.25) is 0 Å². The summed E-state index contributed by atoms with van der Waals surface area (Å²) in [5.74, 6) is 0.160. The molecule has 1 aromatic rings. The summed E-state index contributed by atoms with van der Waals surface area (Å²) in [5, 5.41) is 3.84. The topological polar surface area (TPSA) is 85.1 Å². The maximum Gasteiger partial charge on any atom is 0.184 e. The van der Waals surface area contributed by atoms with E-state index in [1.165, 1.54) is 25.7 Å². The lowest BCUT2D eigenvalue weighted by Crippen LogP contribution is -2.23. The molecule has 1 aromatic heterocycles. The minimum atomic E-state index is -3.32. The van der Waals surface area contributed by atoms with Crippen LogP contribution in [0, 0.1) is 5.41 Å². The zero-order valence-corrected chi connectivity index (χ0v) is 13.0. The molecule has 0 aliphatic heterocycles. The van der Waals surface area contributed by atoms with E-state index in [2.05, 4.69) is 16.6 Å². The lowest BCUT2D eigenvalue weighted by Gasteiger charge is -2.24. The molecule has 0 unspecified atom stereocenters. The fraction of sp³-hybridized carbons (Fsp3) is 0.750. The van der Waals surface area contributed by atoms with Gasteiger partial charge < -0.3 is 11.1 Å². The van der Waals surface area contributed by atoms with Crippen molar-refractivity contribution in [3.8, 4) is 0 Å². The highest BCUT2D eigenvalue weighted by molar-refractivity contribution is 7.91. The van der Waals surface area contributed by atoms with Crippen molar-refractivity contribution in [2.75, 3.05) is 23.3 Å². The maximum absolute atomic E-state index is 12.0. The van der Waals surface area contributed by atoms with Crippen LogP contribution in [0.15, 0.2) is 4.90 Å². The Bertz CT molecular complexity index is 545. The summed E-state index contributed by atoms with van der Waals surface area (Å²) in [6, 6.07) is 0. The zero-order chi connectivity index (χ0) is 14.1. The summed E-state index contributed by atoms with van der Waals surface area (Å²) < 4.78 is 28.0. The second-order valence-electron chi connectivity index (χ2n) is 5.50. The van der Waals surface area contributed by atoms with Crippen molar-refractivity contribution in [1.29, 1.82) is 0 Å². The van der Waals surface area contributed by atoms with Gasteiger partial charge in [0.2, 0.25) is 0 Å². The molecule has 0 spiro atoms. The van der Waals surface area contributed by atoms with Gasteiger partial charge in [0, 0.05) is 6.54 Å². The van der Waals surface area contributed by atoms with E-state index < -0.39 is 9.84 Å². The van der Waals surface area contributed by atoms with Gasteiger partial charge in [0.1, 0.15) is 9.90 Å². The van der Waals surface area contributed by atoms with Crippen LogP contribution in [0.1, 0.15) is 39.5 Å². The van der Waals surface area contributed by atoms with Crippen molar-refractivity contribution < 1.29 is 8.42 Å². The van der Waals surface area contributed by atoms with Crippen LogP contribution in [0.2, 0.25) is 0 Å². The first-order valence-corrected chi connectivity index (χ1v) is 9.02. The van der Waals surface area contributed by atoms with Gasteiger partial charge in [-0.05, 0) is 29.8 Å². The number of hydrogen-bond acceptors (Lipinski definition) is 6. The molecule has 1 saturated carbocycles. The molecule has 1 aliphatic carbocycles. The second-order valence-corrected chi connectivity index (χ2v) is 8.49. The fourth-order valence-electron chi connectivity index (χ4n) is 2.55. The molecule has 0 amide bonds. The number of aromatic nitrogens is 1. The Morgan fingerprint density at radius 2 is 2.05 bits per heavy atom. The van der Waals surface area contributed by atoms with E-state index in [-0.39, 0.29) is 21.9 Å². The molecule has 3 N–H and O–H groups in total. The smallest absolute Gasteiger partial charge is 0.184 e. The van der Waals surface area contributed by atoms with Crippen LogP contribution in [0.25, 0.3) is 0 Å². The van der Waals surface area contributed by atoms with E-state index in [0.717, 1.165) is 18.1 Å².